The molecule has 0 spiro atoms. The van der Waals surface area contributed by atoms with E-state index in [1.54, 1.807) is 31.4 Å². The van der Waals surface area contributed by atoms with Crippen molar-refractivity contribution in [3.8, 4) is 0 Å². The van der Waals surface area contributed by atoms with Crippen LogP contribution in [0.25, 0.3) is 0 Å². The lowest BCUT2D eigenvalue weighted by molar-refractivity contribution is -0.136. The zero-order valence-corrected chi connectivity index (χ0v) is 12.0. The summed E-state index contributed by atoms with van der Waals surface area (Å²) in [6.45, 7) is 2.06. The molecule has 1 aromatic carbocycles. The summed E-state index contributed by atoms with van der Waals surface area (Å²) in [4.78, 5) is 24.7. The smallest absolute Gasteiger partial charge is 0.305 e. The van der Waals surface area contributed by atoms with E-state index in [1.807, 2.05) is 19.1 Å². The van der Waals surface area contributed by atoms with Gasteiger partial charge in [0.05, 0.1) is 6.42 Å². The Morgan fingerprint density at radius 2 is 1.90 bits per heavy atom. The predicted molar refractivity (Wildman–Crippen MR) is 78.3 cm³/mol. The molecule has 0 aliphatic rings. The largest absolute Gasteiger partial charge is 0.481 e. The summed E-state index contributed by atoms with van der Waals surface area (Å²) in [6.07, 6.45) is 1.56. The molecule has 1 heterocycles. The quantitative estimate of drug-likeness (QED) is 0.910. The average molecular weight is 287 g/mol. The highest BCUT2D eigenvalue weighted by Gasteiger charge is 2.20. The number of carboxylic acid groups (broad SMARTS) is 1. The molecule has 0 saturated heterocycles. The third-order valence-electron chi connectivity index (χ3n) is 3.07. The van der Waals surface area contributed by atoms with Crippen molar-refractivity contribution in [3.63, 3.8) is 0 Å². The highest BCUT2D eigenvalue weighted by molar-refractivity contribution is 6.04. The first-order chi connectivity index (χ1) is 9.97. The second-order valence-corrected chi connectivity index (χ2v) is 4.81. The number of hydrogen-bond acceptors (Lipinski definition) is 3. The Bertz CT molecular complexity index is 646. The van der Waals surface area contributed by atoms with Gasteiger partial charge in [-0.25, -0.2) is 0 Å². The molecule has 0 bridgehead atoms. The molecule has 0 aliphatic heterocycles. The van der Waals surface area contributed by atoms with Crippen molar-refractivity contribution in [1.82, 2.24) is 9.78 Å². The number of aliphatic carboxylic acids is 1. The molecule has 1 aromatic heterocycles. The molecule has 0 saturated carbocycles. The number of aromatic nitrogens is 2. The fourth-order valence-corrected chi connectivity index (χ4v) is 1.95. The van der Waals surface area contributed by atoms with Gasteiger partial charge in [-0.15, -0.1) is 0 Å². The zero-order valence-electron chi connectivity index (χ0n) is 12.0. The lowest BCUT2D eigenvalue weighted by Gasteiger charge is -2.21. The zero-order chi connectivity index (χ0) is 15.4. The average Bonchev–Trinajstić information content (AvgIpc) is 2.87. The molecule has 2 aromatic rings. The van der Waals surface area contributed by atoms with Gasteiger partial charge < -0.3 is 10.0 Å². The monoisotopic (exact) mass is 287 g/mol. The van der Waals surface area contributed by atoms with Crippen LogP contribution in [0.5, 0.6) is 0 Å². The van der Waals surface area contributed by atoms with Crippen molar-refractivity contribution < 1.29 is 14.7 Å². The van der Waals surface area contributed by atoms with E-state index in [-0.39, 0.29) is 18.9 Å². The number of hydrogen-bond donors (Lipinski definition) is 1. The highest BCUT2D eigenvalue weighted by Crippen LogP contribution is 2.18. The second kappa shape index (κ2) is 6.21. The Morgan fingerprint density at radius 1 is 1.24 bits per heavy atom. The minimum atomic E-state index is -0.944. The number of benzene rings is 1. The Morgan fingerprint density at radius 3 is 2.43 bits per heavy atom. The highest BCUT2D eigenvalue weighted by atomic mass is 16.4. The Balaban J connectivity index is 2.28. The van der Waals surface area contributed by atoms with Crippen molar-refractivity contribution >= 4 is 17.6 Å². The Labute approximate surface area is 122 Å². The molecule has 1 N–H and O–H groups in total. The molecule has 2 rings (SSSR count). The normalized spacial score (nSPS) is 10.4. The second-order valence-electron chi connectivity index (χ2n) is 4.81. The number of carboxylic acids is 1. The van der Waals surface area contributed by atoms with Crippen LogP contribution in [-0.2, 0) is 11.8 Å². The molecular formula is C15H17N3O3. The number of amides is 1. The van der Waals surface area contributed by atoms with Gasteiger partial charge in [0.15, 0.2) is 5.69 Å². The van der Waals surface area contributed by atoms with Crippen molar-refractivity contribution in [2.75, 3.05) is 11.4 Å². The summed E-state index contributed by atoms with van der Waals surface area (Å²) in [5.74, 6) is -1.25. The number of aryl methyl sites for hydroxylation is 2. The van der Waals surface area contributed by atoms with Gasteiger partial charge in [0, 0.05) is 25.5 Å². The van der Waals surface area contributed by atoms with Gasteiger partial charge >= 0.3 is 5.97 Å². The predicted octanol–water partition coefficient (Wildman–Crippen LogP) is 1.85. The van der Waals surface area contributed by atoms with Gasteiger partial charge in [-0.05, 0) is 25.1 Å². The fraction of sp³-hybridized carbons (Fsp3) is 0.267. The molecule has 0 unspecified atom stereocenters. The molecule has 1 amide bonds. The van der Waals surface area contributed by atoms with Gasteiger partial charge in [0.2, 0.25) is 0 Å². The van der Waals surface area contributed by atoms with Crippen LogP contribution in [0.3, 0.4) is 0 Å². The fourth-order valence-electron chi connectivity index (χ4n) is 1.95. The van der Waals surface area contributed by atoms with Crippen LogP contribution in [0.1, 0.15) is 22.5 Å². The SMILES string of the molecule is Cc1ccc(N(CCC(=O)O)C(=O)c2ccn(C)n2)cc1. The van der Waals surface area contributed by atoms with Gasteiger partial charge in [-0.1, -0.05) is 17.7 Å². The summed E-state index contributed by atoms with van der Waals surface area (Å²) in [7, 11) is 1.73. The molecule has 0 fully saturated rings. The summed E-state index contributed by atoms with van der Waals surface area (Å²) < 4.78 is 1.54. The van der Waals surface area contributed by atoms with Crippen LogP contribution in [0, 0.1) is 6.92 Å². The van der Waals surface area contributed by atoms with E-state index in [2.05, 4.69) is 5.10 Å². The standard InChI is InChI=1S/C15H17N3O3/c1-11-3-5-12(6-4-11)18(10-8-14(19)20)15(21)13-7-9-17(2)16-13/h3-7,9H,8,10H2,1-2H3,(H,19,20). The van der Waals surface area contributed by atoms with Crippen molar-refractivity contribution in [2.45, 2.75) is 13.3 Å². The molecule has 6 nitrogen and oxygen atoms in total. The van der Waals surface area contributed by atoms with Gasteiger partial charge in [0.1, 0.15) is 0 Å². The first kappa shape index (κ1) is 14.8. The lowest BCUT2D eigenvalue weighted by atomic mass is 10.2. The van der Waals surface area contributed by atoms with E-state index < -0.39 is 5.97 Å². The van der Waals surface area contributed by atoms with Crippen molar-refractivity contribution in [3.05, 3.63) is 47.8 Å². The molecule has 21 heavy (non-hydrogen) atoms. The van der Waals surface area contributed by atoms with Gasteiger partial charge in [-0.3, -0.25) is 14.3 Å². The number of anilines is 1. The maximum atomic E-state index is 12.5. The summed E-state index contributed by atoms with van der Waals surface area (Å²) in [6, 6.07) is 8.99. The minimum absolute atomic E-state index is 0.105. The Kier molecular flexibility index (Phi) is 4.37. The van der Waals surface area contributed by atoms with E-state index in [4.69, 9.17) is 5.11 Å². The molecule has 6 heteroatoms. The number of rotatable bonds is 5. The molecule has 0 radical (unpaired) electrons. The van der Waals surface area contributed by atoms with Crippen molar-refractivity contribution in [1.29, 1.82) is 0 Å². The topological polar surface area (TPSA) is 75.4 Å². The first-order valence-electron chi connectivity index (χ1n) is 6.57. The number of nitrogens with zero attached hydrogens (tertiary/aromatic N) is 3. The maximum absolute atomic E-state index is 12.5. The van der Waals surface area contributed by atoms with Crippen LogP contribution in [0.2, 0.25) is 0 Å². The van der Waals surface area contributed by atoms with E-state index in [9.17, 15) is 9.59 Å². The van der Waals surface area contributed by atoms with Crippen LogP contribution >= 0.6 is 0 Å². The number of carbonyl (C=O) groups excluding carboxylic acids is 1. The summed E-state index contributed by atoms with van der Waals surface area (Å²) >= 11 is 0. The minimum Gasteiger partial charge on any atom is -0.481 e. The first-order valence-corrected chi connectivity index (χ1v) is 6.57. The molecule has 0 atom stereocenters. The van der Waals surface area contributed by atoms with E-state index in [0.29, 0.717) is 11.4 Å². The van der Waals surface area contributed by atoms with Crippen LogP contribution < -0.4 is 4.90 Å². The molecule has 0 aliphatic carbocycles. The van der Waals surface area contributed by atoms with Crippen LogP contribution in [0.15, 0.2) is 36.5 Å². The van der Waals surface area contributed by atoms with Crippen LogP contribution in [-0.4, -0.2) is 33.3 Å². The van der Waals surface area contributed by atoms with Gasteiger partial charge in [-0.2, -0.15) is 5.10 Å². The van der Waals surface area contributed by atoms with E-state index in [1.165, 1.54) is 9.58 Å². The van der Waals surface area contributed by atoms with E-state index >= 15 is 0 Å². The van der Waals surface area contributed by atoms with Crippen LogP contribution in [0.4, 0.5) is 5.69 Å². The maximum Gasteiger partial charge on any atom is 0.305 e. The Hall–Kier alpha value is -2.63. The van der Waals surface area contributed by atoms with E-state index in [0.717, 1.165) is 5.56 Å². The summed E-state index contributed by atoms with van der Waals surface area (Å²) in [5, 5.41) is 12.9. The number of carbonyl (C=O) groups is 2. The van der Waals surface area contributed by atoms with Crippen molar-refractivity contribution in [2.24, 2.45) is 7.05 Å². The molecular weight excluding hydrogens is 270 g/mol. The summed E-state index contributed by atoms with van der Waals surface area (Å²) in [5.41, 5.74) is 2.03. The van der Waals surface area contributed by atoms with Gasteiger partial charge in [0.25, 0.3) is 5.91 Å². The third-order valence-corrected chi connectivity index (χ3v) is 3.07. The lowest BCUT2D eigenvalue weighted by Crippen LogP contribution is -2.33. The molecule has 110 valence electrons. The third kappa shape index (κ3) is 3.68.